The Hall–Kier alpha value is -1.51. The van der Waals surface area contributed by atoms with E-state index in [2.05, 4.69) is 5.32 Å². The molecule has 1 aromatic carbocycles. The van der Waals surface area contributed by atoms with E-state index >= 15 is 0 Å². The standard InChI is InChI=1S/C14H20N2O/c1-4-15-13-9-10(2)5-8-12(13)14(17)16(3)11-6-7-11/h5,8-9,11,15H,4,6-7H2,1-3H3. The molecule has 1 aliphatic rings. The molecular formula is C14H20N2O. The van der Waals surface area contributed by atoms with Gasteiger partial charge in [-0.05, 0) is 44.4 Å². The molecule has 0 atom stereocenters. The van der Waals surface area contributed by atoms with Crippen LogP contribution in [-0.4, -0.2) is 30.4 Å². The second kappa shape index (κ2) is 4.78. The van der Waals surface area contributed by atoms with Crippen molar-refractivity contribution in [2.75, 3.05) is 18.9 Å². The average Bonchev–Trinajstić information content (AvgIpc) is 3.12. The molecule has 0 unspecified atom stereocenters. The van der Waals surface area contributed by atoms with Gasteiger partial charge < -0.3 is 10.2 Å². The first-order valence-corrected chi connectivity index (χ1v) is 6.25. The number of rotatable bonds is 4. The van der Waals surface area contributed by atoms with Crippen molar-refractivity contribution in [3.05, 3.63) is 29.3 Å². The fourth-order valence-electron chi connectivity index (χ4n) is 2.00. The Bertz CT molecular complexity index is 424. The van der Waals surface area contributed by atoms with Crippen molar-refractivity contribution in [1.29, 1.82) is 0 Å². The van der Waals surface area contributed by atoms with E-state index in [0.29, 0.717) is 6.04 Å². The molecule has 0 heterocycles. The van der Waals surface area contributed by atoms with Crippen LogP contribution in [-0.2, 0) is 0 Å². The summed E-state index contributed by atoms with van der Waals surface area (Å²) in [5.74, 6) is 0.128. The molecule has 92 valence electrons. The predicted octanol–water partition coefficient (Wildman–Crippen LogP) is 2.66. The van der Waals surface area contributed by atoms with Gasteiger partial charge in [0, 0.05) is 25.3 Å². The molecule has 1 aliphatic carbocycles. The minimum atomic E-state index is 0.128. The summed E-state index contributed by atoms with van der Waals surface area (Å²) in [6.45, 7) is 4.91. The molecule has 1 amide bonds. The summed E-state index contributed by atoms with van der Waals surface area (Å²) in [6.07, 6.45) is 2.29. The van der Waals surface area contributed by atoms with Gasteiger partial charge in [0.15, 0.2) is 0 Å². The number of nitrogens with zero attached hydrogens (tertiary/aromatic N) is 1. The zero-order valence-corrected chi connectivity index (χ0v) is 10.8. The highest BCUT2D eigenvalue weighted by Gasteiger charge is 2.30. The maximum absolute atomic E-state index is 12.3. The van der Waals surface area contributed by atoms with Crippen molar-refractivity contribution in [3.63, 3.8) is 0 Å². The Morgan fingerprint density at radius 2 is 2.18 bits per heavy atom. The molecule has 3 heteroatoms. The first kappa shape index (κ1) is 12.0. The lowest BCUT2D eigenvalue weighted by Gasteiger charge is -2.19. The predicted molar refractivity (Wildman–Crippen MR) is 70.5 cm³/mol. The molecule has 1 saturated carbocycles. The minimum Gasteiger partial charge on any atom is -0.385 e. The summed E-state index contributed by atoms with van der Waals surface area (Å²) in [5.41, 5.74) is 2.91. The Morgan fingerprint density at radius 3 is 2.76 bits per heavy atom. The molecule has 1 N–H and O–H groups in total. The number of carbonyl (C=O) groups excluding carboxylic acids is 1. The molecular weight excluding hydrogens is 212 g/mol. The molecule has 1 aromatic rings. The second-order valence-corrected chi connectivity index (χ2v) is 4.73. The molecule has 0 saturated heterocycles. The minimum absolute atomic E-state index is 0.128. The summed E-state index contributed by atoms with van der Waals surface area (Å²) in [7, 11) is 1.90. The van der Waals surface area contributed by atoms with E-state index in [1.54, 1.807) is 0 Å². The van der Waals surface area contributed by atoms with Gasteiger partial charge in [-0.3, -0.25) is 4.79 Å². The summed E-state index contributed by atoms with van der Waals surface area (Å²) in [4.78, 5) is 14.2. The van der Waals surface area contributed by atoms with Gasteiger partial charge >= 0.3 is 0 Å². The molecule has 0 spiro atoms. The fourth-order valence-corrected chi connectivity index (χ4v) is 2.00. The summed E-state index contributed by atoms with van der Waals surface area (Å²) >= 11 is 0. The highest BCUT2D eigenvalue weighted by atomic mass is 16.2. The number of aryl methyl sites for hydroxylation is 1. The van der Waals surface area contributed by atoms with E-state index < -0.39 is 0 Å². The highest BCUT2D eigenvalue weighted by Crippen LogP contribution is 2.28. The van der Waals surface area contributed by atoms with Gasteiger partial charge in [0.05, 0.1) is 5.56 Å². The van der Waals surface area contributed by atoms with Crippen molar-refractivity contribution < 1.29 is 4.79 Å². The van der Waals surface area contributed by atoms with Gasteiger partial charge in [-0.25, -0.2) is 0 Å². The van der Waals surface area contributed by atoms with E-state index in [9.17, 15) is 4.79 Å². The lowest BCUT2D eigenvalue weighted by Crippen LogP contribution is -2.29. The third-order valence-corrected chi connectivity index (χ3v) is 3.19. The first-order chi connectivity index (χ1) is 8.13. The zero-order valence-electron chi connectivity index (χ0n) is 10.8. The maximum atomic E-state index is 12.3. The number of anilines is 1. The third kappa shape index (κ3) is 2.60. The van der Waals surface area contributed by atoms with Crippen LogP contribution in [0.5, 0.6) is 0 Å². The first-order valence-electron chi connectivity index (χ1n) is 6.25. The van der Waals surface area contributed by atoms with Crippen LogP contribution in [0, 0.1) is 6.92 Å². The van der Waals surface area contributed by atoms with E-state index in [1.165, 1.54) is 5.56 Å². The SMILES string of the molecule is CCNc1cc(C)ccc1C(=O)N(C)C1CC1. The van der Waals surface area contributed by atoms with Gasteiger partial charge in [-0.2, -0.15) is 0 Å². The van der Waals surface area contributed by atoms with Crippen LogP contribution >= 0.6 is 0 Å². The number of hydrogen-bond acceptors (Lipinski definition) is 2. The van der Waals surface area contributed by atoms with Gasteiger partial charge in [-0.1, -0.05) is 6.07 Å². The lowest BCUT2D eigenvalue weighted by molar-refractivity contribution is 0.0786. The van der Waals surface area contributed by atoms with Crippen LogP contribution in [0.15, 0.2) is 18.2 Å². The molecule has 2 rings (SSSR count). The average molecular weight is 232 g/mol. The van der Waals surface area contributed by atoms with Crippen molar-refractivity contribution in [2.45, 2.75) is 32.7 Å². The number of carbonyl (C=O) groups is 1. The largest absolute Gasteiger partial charge is 0.385 e. The summed E-state index contributed by atoms with van der Waals surface area (Å²) in [6, 6.07) is 6.42. The fraction of sp³-hybridized carbons (Fsp3) is 0.500. The molecule has 3 nitrogen and oxygen atoms in total. The Labute approximate surface area is 103 Å². The zero-order chi connectivity index (χ0) is 12.4. The highest BCUT2D eigenvalue weighted by molar-refractivity contribution is 5.99. The van der Waals surface area contributed by atoms with Crippen molar-refractivity contribution >= 4 is 11.6 Å². The normalized spacial score (nSPS) is 14.5. The summed E-state index contributed by atoms with van der Waals surface area (Å²) < 4.78 is 0. The molecule has 1 fully saturated rings. The van der Waals surface area contributed by atoms with Crippen molar-refractivity contribution in [3.8, 4) is 0 Å². The molecule has 0 bridgehead atoms. The number of amides is 1. The van der Waals surface area contributed by atoms with E-state index in [1.807, 2.05) is 44.0 Å². The topological polar surface area (TPSA) is 32.3 Å². The van der Waals surface area contributed by atoms with Crippen LogP contribution in [0.1, 0.15) is 35.7 Å². The van der Waals surface area contributed by atoms with Crippen LogP contribution < -0.4 is 5.32 Å². The molecule has 0 aromatic heterocycles. The van der Waals surface area contributed by atoms with E-state index in [0.717, 1.165) is 30.6 Å². The Balaban J connectivity index is 2.26. The van der Waals surface area contributed by atoms with Crippen LogP contribution in [0.3, 0.4) is 0 Å². The van der Waals surface area contributed by atoms with Gasteiger partial charge in [0.25, 0.3) is 5.91 Å². The molecule has 0 aliphatic heterocycles. The van der Waals surface area contributed by atoms with E-state index in [4.69, 9.17) is 0 Å². The monoisotopic (exact) mass is 232 g/mol. The molecule has 17 heavy (non-hydrogen) atoms. The van der Waals surface area contributed by atoms with Gasteiger partial charge in [0.2, 0.25) is 0 Å². The van der Waals surface area contributed by atoms with E-state index in [-0.39, 0.29) is 5.91 Å². The van der Waals surface area contributed by atoms with Crippen LogP contribution in [0.2, 0.25) is 0 Å². The van der Waals surface area contributed by atoms with Crippen molar-refractivity contribution in [1.82, 2.24) is 4.90 Å². The third-order valence-electron chi connectivity index (χ3n) is 3.19. The number of hydrogen-bond donors (Lipinski definition) is 1. The molecule has 0 radical (unpaired) electrons. The second-order valence-electron chi connectivity index (χ2n) is 4.73. The van der Waals surface area contributed by atoms with Crippen LogP contribution in [0.25, 0.3) is 0 Å². The maximum Gasteiger partial charge on any atom is 0.255 e. The van der Waals surface area contributed by atoms with Crippen LogP contribution in [0.4, 0.5) is 5.69 Å². The lowest BCUT2D eigenvalue weighted by atomic mass is 10.1. The van der Waals surface area contributed by atoms with Gasteiger partial charge in [-0.15, -0.1) is 0 Å². The quantitative estimate of drug-likeness (QED) is 0.865. The smallest absolute Gasteiger partial charge is 0.255 e. The number of nitrogens with one attached hydrogen (secondary N) is 1. The van der Waals surface area contributed by atoms with Crippen molar-refractivity contribution in [2.24, 2.45) is 0 Å². The Morgan fingerprint density at radius 1 is 1.47 bits per heavy atom. The summed E-state index contributed by atoms with van der Waals surface area (Å²) in [5, 5.41) is 3.26. The van der Waals surface area contributed by atoms with Gasteiger partial charge in [0.1, 0.15) is 0 Å². The number of benzene rings is 1. The Kier molecular flexibility index (Phi) is 3.36.